The van der Waals surface area contributed by atoms with Crippen LogP contribution in [0.2, 0.25) is 0 Å². The van der Waals surface area contributed by atoms with Crippen molar-refractivity contribution in [2.75, 3.05) is 39.8 Å². The number of nitrogens with zero attached hydrogens (tertiary/aromatic N) is 5. The summed E-state index contributed by atoms with van der Waals surface area (Å²) in [6.45, 7) is 25.3. The van der Waals surface area contributed by atoms with E-state index in [9.17, 15) is 10.2 Å². The number of aryl methyl sites for hydroxylation is 1. The van der Waals surface area contributed by atoms with E-state index in [0.29, 0.717) is 11.5 Å². The summed E-state index contributed by atoms with van der Waals surface area (Å²) in [4.78, 5) is 15.2. The van der Waals surface area contributed by atoms with E-state index in [1.54, 1.807) is 0 Å². The number of benzene rings is 2. The molecule has 0 bridgehead atoms. The highest BCUT2D eigenvalue weighted by molar-refractivity contribution is 5.86. The first-order chi connectivity index (χ1) is 22.9. The maximum Gasteiger partial charge on any atom is 0.350 e. The first kappa shape index (κ1) is 36.9. The summed E-state index contributed by atoms with van der Waals surface area (Å²) in [5.41, 5.74) is 5.67. The third kappa shape index (κ3) is 8.69. The van der Waals surface area contributed by atoms with E-state index in [-0.39, 0.29) is 28.3 Å². The Hall–Kier alpha value is -3.35. The Labute approximate surface area is 296 Å². The van der Waals surface area contributed by atoms with Gasteiger partial charge in [0.15, 0.2) is 0 Å². The van der Waals surface area contributed by atoms with Crippen molar-refractivity contribution in [3.05, 3.63) is 57.6 Å². The largest absolute Gasteiger partial charge is 0.507 e. The lowest BCUT2D eigenvalue weighted by atomic mass is 9.79. The van der Waals surface area contributed by atoms with Gasteiger partial charge in [-0.05, 0) is 77.2 Å². The molecule has 2 aliphatic heterocycles. The Kier molecular flexibility index (Phi) is 10.9. The van der Waals surface area contributed by atoms with E-state index in [4.69, 9.17) is 9.98 Å². The number of guanidine groups is 1. The topological polar surface area (TPSA) is 74.7 Å². The van der Waals surface area contributed by atoms with Gasteiger partial charge in [0.2, 0.25) is 0 Å². The minimum atomic E-state index is -0.184. The zero-order valence-corrected chi connectivity index (χ0v) is 32.2. The van der Waals surface area contributed by atoms with Crippen LogP contribution in [0.25, 0.3) is 0 Å². The monoisotopic (exact) mass is 671 g/mol. The summed E-state index contributed by atoms with van der Waals surface area (Å²) in [5, 5.41) is 22.9. The standard InChI is InChI=1S/C42H63N5O2/c1-40(2,3)32-23-29(15-12-19-46-21-14-22-47-20-13-18-45(10)39(46)47)37(48)30(24-32)27-43-35-16-11-17-36(35)44-28-31-25-33(41(4,5)6)26-34(38(31)49)42(7,8)9/h23-28,35-36H,11-22H2,1-10H3,(H-,43,44,48,49)/p+1. The highest BCUT2D eigenvalue weighted by Crippen LogP contribution is 2.38. The van der Waals surface area contributed by atoms with Crippen molar-refractivity contribution in [1.82, 2.24) is 9.80 Å². The Bertz CT molecular complexity index is 1580. The van der Waals surface area contributed by atoms with E-state index in [1.165, 1.54) is 29.9 Å². The molecule has 0 amide bonds. The lowest BCUT2D eigenvalue weighted by Gasteiger charge is -2.36. The molecule has 2 N–H and O–H groups in total. The van der Waals surface area contributed by atoms with Crippen LogP contribution in [0.3, 0.4) is 0 Å². The van der Waals surface area contributed by atoms with Crippen LogP contribution in [0.4, 0.5) is 0 Å². The van der Waals surface area contributed by atoms with Gasteiger partial charge in [-0.2, -0.15) is 0 Å². The summed E-state index contributed by atoms with van der Waals surface area (Å²) in [5.74, 6) is 2.07. The van der Waals surface area contributed by atoms with E-state index < -0.39 is 0 Å². The third-order valence-corrected chi connectivity index (χ3v) is 10.7. The van der Waals surface area contributed by atoms with Crippen LogP contribution >= 0.6 is 0 Å². The molecular formula is C42H64N5O2+. The zero-order chi connectivity index (χ0) is 35.7. The van der Waals surface area contributed by atoms with Gasteiger partial charge in [-0.3, -0.25) is 24.4 Å². The quantitative estimate of drug-likeness (QED) is 0.222. The van der Waals surface area contributed by atoms with Gasteiger partial charge in [0, 0.05) is 42.0 Å². The second-order valence-electron chi connectivity index (χ2n) is 17.9. The second kappa shape index (κ2) is 14.5. The highest BCUT2D eigenvalue weighted by Gasteiger charge is 2.34. The number of aromatic hydroxyl groups is 2. The van der Waals surface area contributed by atoms with Crippen LogP contribution in [0.1, 0.15) is 134 Å². The number of phenolic OH excluding ortho intramolecular Hbond substituents is 2. The van der Waals surface area contributed by atoms with Crippen LogP contribution in [-0.4, -0.2) is 94.8 Å². The summed E-state index contributed by atoms with van der Waals surface area (Å²) < 4.78 is 2.42. The predicted octanol–water partition coefficient (Wildman–Crippen LogP) is 7.79. The molecule has 7 nitrogen and oxygen atoms in total. The first-order valence-corrected chi connectivity index (χ1v) is 18.8. The predicted molar refractivity (Wildman–Crippen MR) is 206 cm³/mol. The maximum absolute atomic E-state index is 11.6. The Morgan fingerprint density at radius 3 is 1.90 bits per heavy atom. The highest BCUT2D eigenvalue weighted by atomic mass is 16.3. The number of rotatable bonds is 8. The van der Waals surface area contributed by atoms with Crippen LogP contribution in [0.15, 0.2) is 34.3 Å². The van der Waals surface area contributed by atoms with Crippen molar-refractivity contribution in [3.63, 3.8) is 0 Å². The van der Waals surface area contributed by atoms with E-state index in [0.717, 1.165) is 87.1 Å². The van der Waals surface area contributed by atoms with E-state index >= 15 is 0 Å². The van der Waals surface area contributed by atoms with Gasteiger partial charge >= 0.3 is 5.96 Å². The van der Waals surface area contributed by atoms with Crippen LogP contribution in [0.5, 0.6) is 11.5 Å². The smallest absolute Gasteiger partial charge is 0.350 e. The number of fused-ring (bicyclic) bond motifs is 1. The first-order valence-electron chi connectivity index (χ1n) is 18.8. The van der Waals surface area contributed by atoms with Crippen molar-refractivity contribution in [1.29, 1.82) is 0 Å². The average Bonchev–Trinajstić information content (AvgIpc) is 3.46. The van der Waals surface area contributed by atoms with Crippen molar-refractivity contribution >= 4 is 18.4 Å². The van der Waals surface area contributed by atoms with Crippen molar-refractivity contribution in [2.24, 2.45) is 9.98 Å². The average molecular weight is 671 g/mol. The summed E-state index contributed by atoms with van der Waals surface area (Å²) in [6, 6.07) is 8.65. The molecule has 2 aromatic carbocycles. The Morgan fingerprint density at radius 1 is 0.735 bits per heavy atom. The van der Waals surface area contributed by atoms with Crippen molar-refractivity contribution in [3.8, 4) is 11.5 Å². The maximum atomic E-state index is 11.6. The van der Waals surface area contributed by atoms with Gasteiger partial charge in [0.05, 0.1) is 51.9 Å². The molecule has 1 saturated heterocycles. The molecule has 3 aliphatic rings. The molecule has 1 aliphatic carbocycles. The fourth-order valence-corrected chi connectivity index (χ4v) is 7.64. The molecule has 5 rings (SSSR count). The molecule has 268 valence electrons. The Morgan fingerprint density at radius 2 is 1.31 bits per heavy atom. The van der Waals surface area contributed by atoms with Gasteiger partial charge in [0.25, 0.3) is 0 Å². The van der Waals surface area contributed by atoms with Crippen molar-refractivity contribution < 1.29 is 14.8 Å². The van der Waals surface area contributed by atoms with Crippen LogP contribution in [-0.2, 0) is 22.7 Å². The number of hydrogen-bond acceptors (Lipinski definition) is 6. The molecule has 7 heteroatoms. The van der Waals surface area contributed by atoms with Gasteiger partial charge in [0.1, 0.15) is 11.5 Å². The summed E-state index contributed by atoms with van der Waals surface area (Å²) in [7, 11) is 2.22. The Balaban J connectivity index is 1.35. The molecule has 0 radical (unpaired) electrons. The van der Waals surface area contributed by atoms with Gasteiger partial charge in [-0.1, -0.05) is 74.4 Å². The van der Waals surface area contributed by atoms with Crippen LogP contribution < -0.4 is 0 Å². The molecule has 2 heterocycles. The molecule has 2 aromatic rings. The third-order valence-electron chi connectivity index (χ3n) is 10.7. The van der Waals surface area contributed by atoms with Gasteiger partial charge < -0.3 is 10.2 Å². The fourth-order valence-electron chi connectivity index (χ4n) is 7.64. The van der Waals surface area contributed by atoms with E-state index in [1.807, 2.05) is 12.4 Å². The van der Waals surface area contributed by atoms with Gasteiger partial charge in [-0.15, -0.1) is 0 Å². The second-order valence-corrected chi connectivity index (χ2v) is 17.9. The zero-order valence-electron chi connectivity index (χ0n) is 32.2. The van der Waals surface area contributed by atoms with Gasteiger partial charge in [-0.25, -0.2) is 0 Å². The minimum Gasteiger partial charge on any atom is -0.507 e. The molecule has 2 atom stereocenters. The summed E-state index contributed by atoms with van der Waals surface area (Å²) >= 11 is 0. The molecule has 49 heavy (non-hydrogen) atoms. The molecule has 2 unspecified atom stereocenters. The SMILES string of the molecule is C[N+]1=C2N(CCCc3cc(C(C)(C)C)cc(C=NC4CCCC4N=Cc4cc(C(C)(C)C)cc(C(C)(C)C)c4O)c3O)CCCN2CCC1. The molecule has 2 fully saturated rings. The fraction of sp³-hybridized carbons (Fsp3) is 0.643. The normalized spacial score (nSPS) is 21.0. The molecule has 0 aromatic heterocycles. The molecule has 0 spiro atoms. The summed E-state index contributed by atoms with van der Waals surface area (Å²) in [6.07, 6.45) is 11.0. The number of phenols is 2. The number of aliphatic imine (C=N–C) groups is 2. The number of hydrogen-bond donors (Lipinski definition) is 2. The lowest BCUT2D eigenvalue weighted by molar-refractivity contribution is -0.515. The molecule has 1 saturated carbocycles. The minimum absolute atomic E-state index is 0.0407. The van der Waals surface area contributed by atoms with E-state index in [2.05, 4.69) is 108 Å². The van der Waals surface area contributed by atoms with Crippen molar-refractivity contribution in [2.45, 2.75) is 136 Å². The lowest BCUT2D eigenvalue weighted by Crippen LogP contribution is -2.57. The molecular weight excluding hydrogens is 606 g/mol. The van der Waals surface area contributed by atoms with Crippen LogP contribution in [0, 0.1) is 0 Å².